The minimum absolute atomic E-state index is 0.0373. The Hall–Kier alpha value is -1.17. The lowest BCUT2D eigenvalue weighted by Gasteiger charge is -2.29. The summed E-state index contributed by atoms with van der Waals surface area (Å²) in [4.78, 5) is 13.2. The van der Waals surface area contributed by atoms with E-state index < -0.39 is 0 Å². The maximum Gasteiger partial charge on any atom is 0.220 e. The number of primary amides is 1. The van der Waals surface area contributed by atoms with Crippen LogP contribution < -0.4 is 10.6 Å². The van der Waals surface area contributed by atoms with E-state index in [4.69, 9.17) is 5.73 Å². The molecule has 2 rings (SSSR count). The van der Waals surface area contributed by atoms with Gasteiger partial charge in [0.1, 0.15) is 5.01 Å². The summed E-state index contributed by atoms with van der Waals surface area (Å²) in [5.41, 5.74) is 5.27. The average molecular weight is 226 g/mol. The molecule has 0 radical (unpaired) electrons. The maximum absolute atomic E-state index is 11.0. The standard InChI is InChI=1S/C9H14N4OS/c1-6-11-12-9(15-6)13-4-2-7(3-5-13)8(10)14/h7H,2-5H2,1H3,(H2,10,14). The lowest BCUT2D eigenvalue weighted by molar-refractivity contribution is -0.122. The summed E-state index contributed by atoms with van der Waals surface area (Å²) in [6, 6.07) is 0. The molecule has 82 valence electrons. The molecule has 0 aliphatic carbocycles. The summed E-state index contributed by atoms with van der Waals surface area (Å²) in [5.74, 6) is -0.140. The Bertz CT molecular complexity index is 357. The molecule has 1 aliphatic rings. The highest BCUT2D eigenvalue weighted by Gasteiger charge is 2.24. The van der Waals surface area contributed by atoms with E-state index in [1.165, 1.54) is 0 Å². The fourth-order valence-electron chi connectivity index (χ4n) is 1.77. The number of nitrogens with two attached hydrogens (primary N) is 1. The molecule has 15 heavy (non-hydrogen) atoms. The largest absolute Gasteiger partial charge is 0.369 e. The molecule has 5 nitrogen and oxygen atoms in total. The fourth-order valence-corrected chi connectivity index (χ4v) is 2.51. The first-order chi connectivity index (χ1) is 7.16. The normalized spacial score (nSPS) is 18.1. The number of hydrogen-bond donors (Lipinski definition) is 1. The highest BCUT2D eigenvalue weighted by Crippen LogP contribution is 2.25. The molecule has 1 aliphatic heterocycles. The molecule has 6 heteroatoms. The van der Waals surface area contributed by atoms with Crippen molar-refractivity contribution in [1.82, 2.24) is 10.2 Å². The van der Waals surface area contributed by atoms with Gasteiger partial charge in [-0.3, -0.25) is 4.79 Å². The number of carbonyl (C=O) groups excluding carboxylic acids is 1. The van der Waals surface area contributed by atoms with Gasteiger partial charge in [0.15, 0.2) is 0 Å². The van der Waals surface area contributed by atoms with Crippen LogP contribution in [0.2, 0.25) is 0 Å². The van der Waals surface area contributed by atoms with Crippen LogP contribution in [0.1, 0.15) is 17.8 Å². The van der Waals surface area contributed by atoms with Crippen LogP contribution in [0.5, 0.6) is 0 Å². The average Bonchev–Trinajstić information content (AvgIpc) is 2.65. The van der Waals surface area contributed by atoms with Crippen molar-refractivity contribution in [2.45, 2.75) is 19.8 Å². The highest BCUT2D eigenvalue weighted by atomic mass is 32.1. The van der Waals surface area contributed by atoms with Crippen molar-refractivity contribution in [1.29, 1.82) is 0 Å². The van der Waals surface area contributed by atoms with Gasteiger partial charge in [-0.25, -0.2) is 0 Å². The number of piperidine rings is 1. The van der Waals surface area contributed by atoms with Crippen LogP contribution in [0.15, 0.2) is 0 Å². The smallest absolute Gasteiger partial charge is 0.220 e. The molecule has 1 aromatic rings. The first-order valence-electron chi connectivity index (χ1n) is 5.01. The van der Waals surface area contributed by atoms with E-state index in [0.717, 1.165) is 36.1 Å². The minimum Gasteiger partial charge on any atom is -0.369 e. The zero-order valence-corrected chi connectivity index (χ0v) is 9.46. The molecule has 1 saturated heterocycles. The van der Waals surface area contributed by atoms with E-state index in [9.17, 15) is 4.79 Å². The summed E-state index contributed by atoms with van der Waals surface area (Å²) in [6.45, 7) is 3.64. The van der Waals surface area contributed by atoms with Gasteiger partial charge in [0.25, 0.3) is 0 Å². The second-order valence-corrected chi connectivity index (χ2v) is 4.93. The third-order valence-corrected chi connectivity index (χ3v) is 3.58. The molecular weight excluding hydrogens is 212 g/mol. The summed E-state index contributed by atoms with van der Waals surface area (Å²) in [7, 11) is 0. The summed E-state index contributed by atoms with van der Waals surface area (Å²) < 4.78 is 0. The molecule has 0 atom stereocenters. The maximum atomic E-state index is 11.0. The van der Waals surface area contributed by atoms with Crippen molar-refractivity contribution < 1.29 is 4.79 Å². The summed E-state index contributed by atoms with van der Waals surface area (Å²) >= 11 is 1.59. The van der Waals surface area contributed by atoms with Crippen LogP contribution in [0.4, 0.5) is 5.13 Å². The quantitative estimate of drug-likeness (QED) is 0.799. The van der Waals surface area contributed by atoms with E-state index in [0.29, 0.717) is 0 Å². The Morgan fingerprint density at radius 3 is 2.60 bits per heavy atom. The van der Waals surface area contributed by atoms with Crippen LogP contribution >= 0.6 is 11.3 Å². The van der Waals surface area contributed by atoms with Crippen molar-refractivity contribution in [3.63, 3.8) is 0 Å². The minimum atomic E-state index is -0.178. The zero-order valence-electron chi connectivity index (χ0n) is 8.64. The highest BCUT2D eigenvalue weighted by molar-refractivity contribution is 7.15. The SMILES string of the molecule is Cc1nnc(N2CCC(C(N)=O)CC2)s1. The van der Waals surface area contributed by atoms with Crippen molar-refractivity contribution in [3.05, 3.63) is 5.01 Å². The first kappa shape index (κ1) is 10.4. The fraction of sp³-hybridized carbons (Fsp3) is 0.667. The number of carbonyl (C=O) groups is 1. The van der Waals surface area contributed by atoms with Gasteiger partial charge >= 0.3 is 0 Å². The number of rotatable bonds is 2. The number of nitrogens with zero attached hydrogens (tertiary/aromatic N) is 3. The topological polar surface area (TPSA) is 72.1 Å². The lowest BCUT2D eigenvalue weighted by Crippen LogP contribution is -2.38. The number of aromatic nitrogens is 2. The van der Waals surface area contributed by atoms with E-state index in [2.05, 4.69) is 15.1 Å². The van der Waals surface area contributed by atoms with Crippen LogP contribution in [0.3, 0.4) is 0 Å². The lowest BCUT2D eigenvalue weighted by atomic mass is 9.97. The number of aryl methyl sites for hydroxylation is 1. The Morgan fingerprint density at radius 1 is 1.47 bits per heavy atom. The van der Waals surface area contributed by atoms with Crippen molar-refractivity contribution in [2.24, 2.45) is 11.7 Å². The third-order valence-electron chi connectivity index (χ3n) is 2.68. The first-order valence-corrected chi connectivity index (χ1v) is 5.83. The molecule has 0 bridgehead atoms. The Kier molecular flexibility index (Phi) is 2.86. The molecule has 2 heterocycles. The van der Waals surface area contributed by atoms with Gasteiger partial charge in [0, 0.05) is 19.0 Å². The molecule has 0 spiro atoms. The number of hydrogen-bond acceptors (Lipinski definition) is 5. The Balaban J connectivity index is 1.96. The second kappa shape index (κ2) is 4.14. The zero-order chi connectivity index (χ0) is 10.8. The van der Waals surface area contributed by atoms with Gasteiger partial charge in [0.2, 0.25) is 11.0 Å². The third kappa shape index (κ3) is 2.26. The molecule has 1 aromatic heterocycles. The van der Waals surface area contributed by atoms with Crippen molar-refractivity contribution >= 4 is 22.4 Å². The number of anilines is 1. The summed E-state index contributed by atoms with van der Waals surface area (Å²) in [5, 5.41) is 10.00. The van der Waals surface area contributed by atoms with Crippen LogP contribution in [-0.2, 0) is 4.79 Å². The van der Waals surface area contributed by atoms with Gasteiger partial charge in [-0.05, 0) is 19.8 Å². The van der Waals surface area contributed by atoms with Crippen LogP contribution in [0.25, 0.3) is 0 Å². The monoisotopic (exact) mass is 226 g/mol. The molecule has 1 amide bonds. The van der Waals surface area contributed by atoms with Gasteiger partial charge in [0.05, 0.1) is 0 Å². The van der Waals surface area contributed by atoms with Crippen molar-refractivity contribution in [2.75, 3.05) is 18.0 Å². The van der Waals surface area contributed by atoms with E-state index in [-0.39, 0.29) is 11.8 Å². The molecule has 2 N–H and O–H groups in total. The molecule has 0 aromatic carbocycles. The van der Waals surface area contributed by atoms with E-state index >= 15 is 0 Å². The Morgan fingerprint density at radius 2 is 2.13 bits per heavy atom. The Labute approximate surface area is 92.3 Å². The van der Waals surface area contributed by atoms with Gasteiger partial charge < -0.3 is 10.6 Å². The second-order valence-electron chi connectivity index (χ2n) is 3.77. The molecule has 1 fully saturated rings. The summed E-state index contributed by atoms with van der Waals surface area (Å²) in [6.07, 6.45) is 1.65. The van der Waals surface area contributed by atoms with Crippen LogP contribution in [0, 0.1) is 12.8 Å². The number of amides is 1. The molecular formula is C9H14N4OS. The van der Waals surface area contributed by atoms with Gasteiger partial charge in [-0.1, -0.05) is 11.3 Å². The van der Waals surface area contributed by atoms with E-state index in [1.807, 2.05) is 6.92 Å². The van der Waals surface area contributed by atoms with E-state index in [1.54, 1.807) is 11.3 Å². The molecule has 0 saturated carbocycles. The van der Waals surface area contributed by atoms with Gasteiger partial charge in [-0.2, -0.15) is 0 Å². The van der Waals surface area contributed by atoms with Crippen LogP contribution in [-0.4, -0.2) is 29.2 Å². The van der Waals surface area contributed by atoms with Gasteiger partial charge in [-0.15, -0.1) is 10.2 Å². The predicted octanol–water partition coefficient (Wildman–Crippen LogP) is 0.548. The predicted molar refractivity (Wildman–Crippen MR) is 58.8 cm³/mol. The molecule has 0 unspecified atom stereocenters. The van der Waals surface area contributed by atoms with Crippen molar-refractivity contribution in [3.8, 4) is 0 Å².